The predicted octanol–water partition coefficient (Wildman–Crippen LogP) is 1.24. The van der Waals surface area contributed by atoms with E-state index in [1.54, 1.807) is 0 Å². The lowest BCUT2D eigenvalue weighted by atomic mass is 10.4. The lowest BCUT2D eigenvalue weighted by Crippen LogP contribution is -2.39. The van der Waals surface area contributed by atoms with E-state index in [0.29, 0.717) is 13.2 Å². The highest BCUT2D eigenvalue weighted by Gasteiger charge is 2.30. The normalized spacial score (nSPS) is 12.4. The third-order valence-corrected chi connectivity index (χ3v) is 1.75. The molecule has 0 aromatic rings. The standard InChI is InChI=1S/C9H19F3N2O/c1-2-6-15-7-5-14(4-3-13)8-9(10,11)12/h2-8,13H2,1H3. The molecular weight excluding hydrogens is 209 g/mol. The molecule has 0 aliphatic carbocycles. The molecule has 0 aromatic heterocycles. The fraction of sp³-hybridized carbons (Fsp3) is 1.00. The molecule has 0 heterocycles. The Morgan fingerprint density at radius 1 is 1.20 bits per heavy atom. The van der Waals surface area contributed by atoms with E-state index in [1.807, 2.05) is 6.92 Å². The molecule has 15 heavy (non-hydrogen) atoms. The van der Waals surface area contributed by atoms with Crippen LogP contribution in [0, 0.1) is 0 Å². The third kappa shape index (κ3) is 9.96. The Morgan fingerprint density at radius 3 is 2.33 bits per heavy atom. The van der Waals surface area contributed by atoms with Crippen LogP contribution in [0.3, 0.4) is 0 Å². The minimum atomic E-state index is -4.17. The van der Waals surface area contributed by atoms with Gasteiger partial charge in [0, 0.05) is 26.2 Å². The van der Waals surface area contributed by atoms with Crippen LogP contribution in [0.25, 0.3) is 0 Å². The number of ether oxygens (including phenoxy) is 1. The topological polar surface area (TPSA) is 38.5 Å². The zero-order valence-electron chi connectivity index (χ0n) is 9.02. The highest BCUT2D eigenvalue weighted by Crippen LogP contribution is 2.15. The summed E-state index contributed by atoms with van der Waals surface area (Å²) in [5.41, 5.74) is 5.23. The van der Waals surface area contributed by atoms with E-state index in [4.69, 9.17) is 10.5 Å². The smallest absolute Gasteiger partial charge is 0.380 e. The number of nitrogens with zero attached hydrogens (tertiary/aromatic N) is 1. The molecule has 0 saturated heterocycles. The summed E-state index contributed by atoms with van der Waals surface area (Å²) < 4.78 is 41.4. The van der Waals surface area contributed by atoms with Gasteiger partial charge >= 0.3 is 6.18 Å². The molecule has 0 bridgehead atoms. The van der Waals surface area contributed by atoms with Gasteiger partial charge in [-0.1, -0.05) is 6.92 Å². The Kier molecular flexibility index (Phi) is 7.72. The second kappa shape index (κ2) is 7.90. The third-order valence-electron chi connectivity index (χ3n) is 1.75. The number of hydrogen-bond donors (Lipinski definition) is 1. The van der Waals surface area contributed by atoms with Gasteiger partial charge in [-0.05, 0) is 6.42 Å². The van der Waals surface area contributed by atoms with Crippen LogP contribution in [0.4, 0.5) is 13.2 Å². The molecule has 0 fully saturated rings. The molecule has 2 N–H and O–H groups in total. The van der Waals surface area contributed by atoms with Gasteiger partial charge in [0.05, 0.1) is 13.2 Å². The van der Waals surface area contributed by atoms with Crippen molar-refractivity contribution in [3.63, 3.8) is 0 Å². The number of halogens is 3. The van der Waals surface area contributed by atoms with Gasteiger partial charge in [0.15, 0.2) is 0 Å². The predicted molar refractivity (Wildman–Crippen MR) is 52.7 cm³/mol. The molecule has 0 aliphatic rings. The second-order valence-corrected chi connectivity index (χ2v) is 3.29. The van der Waals surface area contributed by atoms with E-state index in [2.05, 4.69) is 0 Å². The van der Waals surface area contributed by atoms with Crippen LogP contribution in [0.15, 0.2) is 0 Å². The first-order valence-electron chi connectivity index (χ1n) is 5.06. The molecule has 3 nitrogen and oxygen atoms in total. The fourth-order valence-electron chi connectivity index (χ4n) is 1.15. The Bertz CT molecular complexity index is 153. The molecule has 0 saturated carbocycles. The molecular formula is C9H19F3N2O. The summed E-state index contributed by atoms with van der Waals surface area (Å²) >= 11 is 0. The first kappa shape index (κ1) is 14.7. The zero-order valence-corrected chi connectivity index (χ0v) is 9.02. The van der Waals surface area contributed by atoms with E-state index < -0.39 is 12.7 Å². The molecule has 0 rings (SSSR count). The van der Waals surface area contributed by atoms with E-state index in [0.717, 1.165) is 6.42 Å². The molecule has 0 atom stereocenters. The van der Waals surface area contributed by atoms with Crippen molar-refractivity contribution >= 4 is 0 Å². The minimum absolute atomic E-state index is 0.226. The van der Waals surface area contributed by atoms with Gasteiger partial charge < -0.3 is 10.5 Å². The fourth-order valence-corrected chi connectivity index (χ4v) is 1.15. The number of rotatable bonds is 8. The summed E-state index contributed by atoms with van der Waals surface area (Å²) in [7, 11) is 0. The number of alkyl halides is 3. The minimum Gasteiger partial charge on any atom is -0.380 e. The van der Waals surface area contributed by atoms with Gasteiger partial charge in [-0.25, -0.2) is 0 Å². The van der Waals surface area contributed by atoms with Crippen LogP contribution in [-0.4, -0.2) is 50.5 Å². The van der Waals surface area contributed by atoms with E-state index >= 15 is 0 Å². The maximum atomic E-state index is 12.1. The molecule has 0 aliphatic heterocycles. The summed E-state index contributed by atoms with van der Waals surface area (Å²) in [6.45, 7) is 2.69. The van der Waals surface area contributed by atoms with Crippen molar-refractivity contribution in [2.45, 2.75) is 19.5 Å². The maximum absolute atomic E-state index is 12.1. The number of nitrogens with two attached hydrogens (primary N) is 1. The SMILES string of the molecule is CCCOCCN(CCN)CC(F)(F)F. The first-order valence-corrected chi connectivity index (χ1v) is 5.06. The Hall–Kier alpha value is -0.330. The van der Waals surface area contributed by atoms with Crippen molar-refractivity contribution < 1.29 is 17.9 Å². The van der Waals surface area contributed by atoms with Gasteiger partial charge in [0.25, 0.3) is 0 Å². The first-order chi connectivity index (χ1) is 6.99. The summed E-state index contributed by atoms with van der Waals surface area (Å²) in [6.07, 6.45) is -3.30. The molecule has 0 aromatic carbocycles. The van der Waals surface area contributed by atoms with Crippen LogP contribution in [0.5, 0.6) is 0 Å². The van der Waals surface area contributed by atoms with Crippen LogP contribution >= 0.6 is 0 Å². The molecule has 0 unspecified atom stereocenters. The Balaban J connectivity index is 3.73. The van der Waals surface area contributed by atoms with E-state index in [9.17, 15) is 13.2 Å². The molecule has 6 heteroatoms. The van der Waals surface area contributed by atoms with Crippen LogP contribution in [-0.2, 0) is 4.74 Å². The van der Waals surface area contributed by atoms with Crippen molar-refractivity contribution in [3.8, 4) is 0 Å². The Labute approximate surface area is 88.4 Å². The second-order valence-electron chi connectivity index (χ2n) is 3.29. The molecule has 92 valence electrons. The summed E-state index contributed by atoms with van der Waals surface area (Å²) in [4.78, 5) is 1.26. The van der Waals surface area contributed by atoms with Gasteiger partial charge in [-0.3, -0.25) is 4.90 Å². The lowest BCUT2D eigenvalue weighted by molar-refractivity contribution is -0.147. The van der Waals surface area contributed by atoms with Crippen molar-refractivity contribution in [2.75, 3.05) is 39.4 Å². The van der Waals surface area contributed by atoms with Gasteiger partial charge in [-0.2, -0.15) is 13.2 Å². The monoisotopic (exact) mass is 228 g/mol. The quantitative estimate of drug-likeness (QED) is 0.635. The van der Waals surface area contributed by atoms with Crippen molar-refractivity contribution in [1.82, 2.24) is 4.90 Å². The van der Waals surface area contributed by atoms with Gasteiger partial charge in [0.2, 0.25) is 0 Å². The van der Waals surface area contributed by atoms with Crippen LogP contribution < -0.4 is 5.73 Å². The lowest BCUT2D eigenvalue weighted by Gasteiger charge is -2.22. The number of hydrogen-bond acceptors (Lipinski definition) is 3. The van der Waals surface area contributed by atoms with Gasteiger partial charge in [0.1, 0.15) is 0 Å². The van der Waals surface area contributed by atoms with Crippen molar-refractivity contribution in [3.05, 3.63) is 0 Å². The highest BCUT2D eigenvalue weighted by atomic mass is 19.4. The van der Waals surface area contributed by atoms with Crippen LogP contribution in [0.2, 0.25) is 0 Å². The Morgan fingerprint density at radius 2 is 1.87 bits per heavy atom. The van der Waals surface area contributed by atoms with E-state index in [1.165, 1.54) is 4.90 Å². The summed E-state index contributed by atoms with van der Waals surface area (Å²) in [5, 5.41) is 0. The maximum Gasteiger partial charge on any atom is 0.401 e. The van der Waals surface area contributed by atoms with Crippen molar-refractivity contribution in [1.29, 1.82) is 0 Å². The average molecular weight is 228 g/mol. The molecule has 0 spiro atoms. The summed E-state index contributed by atoms with van der Waals surface area (Å²) in [5.74, 6) is 0. The summed E-state index contributed by atoms with van der Waals surface area (Å²) in [6, 6.07) is 0. The van der Waals surface area contributed by atoms with Crippen LogP contribution in [0.1, 0.15) is 13.3 Å². The largest absolute Gasteiger partial charge is 0.401 e. The average Bonchev–Trinajstić information content (AvgIpc) is 2.10. The van der Waals surface area contributed by atoms with Crippen molar-refractivity contribution in [2.24, 2.45) is 5.73 Å². The highest BCUT2D eigenvalue weighted by molar-refractivity contribution is 4.63. The molecule has 0 amide bonds. The molecule has 0 radical (unpaired) electrons. The van der Waals surface area contributed by atoms with E-state index in [-0.39, 0.29) is 19.6 Å². The van der Waals surface area contributed by atoms with Gasteiger partial charge in [-0.15, -0.1) is 0 Å². The zero-order chi connectivity index (χ0) is 11.7.